The minimum atomic E-state index is -0.107. The van der Waals surface area contributed by atoms with Gasteiger partial charge in [0, 0.05) is 24.7 Å². The van der Waals surface area contributed by atoms with E-state index in [1.165, 1.54) is 31.2 Å². The molecule has 0 aromatic heterocycles. The smallest absolute Gasteiger partial charge is 0.317 e. The lowest BCUT2D eigenvalue weighted by atomic mass is 9.76. The number of hydrogen-bond acceptors (Lipinski definition) is 1. The van der Waals surface area contributed by atoms with Crippen molar-refractivity contribution in [1.82, 2.24) is 4.90 Å². The third-order valence-electron chi connectivity index (χ3n) is 5.28. The van der Waals surface area contributed by atoms with Gasteiger partial charge in [-0.2, -0.15) is 0 Å². The second-order valence-corrected chi connectivity index (χ2v) is 6.87. The van der Waals surface area contributed by atoms with Gasteiger partial charge in [0.2, 0.25) is 0 Å². The maximum absolute atomic E-state index is 12.7. The lowest BCUT2D eigenvalue weighted by Gasteiger charge is -2.50. The first-order valence-corrected chi connectivity index (χ1v) is 7.76. The van der Waals surface area contributed by atoms with Crippen LogP contribution in [0.15, 0.2) is 18.2 Å². The fourth-order valence-corrected chi connectivity index (χ4v) is 4.33. The molecule has 0 spiro atoms. The van der Waals surface area contributed by atoms with Crippen LogP contribution < -0.4 is 4.90 Å². The zero-order chi connectivity index (χ0) is 14.1. The van der Waals surface area contributed by atoms with Crippen molar-refractivity contribution in [3.05, 3.63) is 28.8 Å². The molecule has 1 aliphatic heterocycles. The molecule has 1 aromatic rings. The molecule has 0 radical (unpaired) electrons. The van der Waals surface area contributed by atoms with Crippen LogP contribution in [0.1, 0.15) is 31.2 Å². The van der Waals surface area contributed by atoms with E-state index in [9.17, 15) is 4.79 Å². The molecule has 2 fully saturated rings. The second-order valence-electron chi connectivity index (χ2n) is 6.44. The summed E-state index contributed by atoms with van der Waals surface area (Å²) in [6, 6.07) is 6.09. The molecule has 1 aromatic carbocycles. The topological polar surface area (TPSA) is 23.6 Å². The highest BCUT2D eigenvalue weighted by Gasteiger charge is 2.61. The van der Waals surface area contributed by atoms with Gasteiger partial charge in [-0.3, -0.25) is 4.90 Å². The van der Waals surface area contributed by atoms with Gasteiger partial charge >= 0.3 is 6.03 Å². The predicted octanol–water partition coefficient (Wildman–Crippen LogP) is 3.86. The van der Waals surface area contributed by atoms with E-state index in [2.05, 4.69) is 6.07 Å². The van der Waals surface area contributed by atoms with E-state index in [-0.39, 0.29) is 11.6 Å². The summed E-state index contributed by atoms with van der Waals surface area (Å²) in [5.74, 6) is 1.21. The summed E-state index contributed by atoms with van der Waals surface area (Å²) < 4.78 is 0. The Labute approximate surface area is 124 Å². The number of fused-ring (bicyclic) bond motifs is 1. The second kappa shape index (κ2) is 3.91. The number of hydrogen-bond donors (Lipinski definition) is 0. The van der Waals surface area contributed by atoms with Crippen molar-refractivity contribution in [2.24, 2.45) is 11.8 Å². The van der Waals surface area contributed by atoms with E-state index in [1.807, 2.05) is 31.1 Å². The first-order valence-electron chi connectivity index (χ1n) is 7.38. The lowest BCUT2D eigenvalue weighted by Crippen LogP contribution is -2.58. The number of urea groups is 1. The van der Waals surface area contributed by atoms with Gasteiger partial charge in [-0.15, -0.1) is 0 Å². The third-order valence-corrected chi connectivity index (χ3v) is 5.51. The van der Waals surface area contributed by atoms with Crippen molar-refractivity contribution < 1.29 is 4.79 Å². The summed E-state index contributed by atoms with van der Waals surface area (Å²) in [7, 11) is 3.83. The summed E-state index contributed by atoms with van der Waals surface area (Å²) in [4.78, 5) is 16.4. The first kappa shape index (κ1) is 12.5. The lowest BCUT2D eigenvalue weighted by molar-refractivity contribution is 0.0912. The average Bonchev–Trinajstić information content (AvgIpc) is 3.27. The Hall–Kier alpha value is -1.22. The standard InChI is InChI=1S/C16H19ClN2O/c1-18-14-8-7-12(17)9-13(14)16(10-3-4-10,11-5-6-11)19(2)15(18)20/h7-11H,3-6H2,1-2H3. The summed E-state index contributed by atoms with van der Waals surface area (Å²) in [5.41, 5.74) is 2.19. The Morgan fingerprint density at radius 2 is 1.75 bits per heavy atom. The van der Waals surface area contributed by atoms with Crippen molar-refractivity contribution >= 4 is 23.3 Å². The van der Waals surface area contributed by atoms with Gasteiger partial charge in [-0.1, -0.05) is 11.6 Å². The predicted molar refractivity (Wildman–Crippen MR) is 80.1 cm³/mol. The summed E-state index contributed by atoms with van der Waals surface area (Å²) in [6.07, 6.45) is 4.90. The van der Waals surface area contributed by atoms with E-state index in [4.69, 9.17) is 11.6 Å². The van der Waals surface area contributed by atoms with Crippen LogP contribution in [0.3, 0.4) is 0 Å². The number of carbonyl (C=O) groups is 1. The monoisotopic (exact) mass is 290 g/mol. The largest absolute Gasteiger partial charge is 0.324 e. The van der Waals surface area contributed by atoms with Crippen LogP contribution >= 0.6 is 11.6 Å². The van der Waals surface area contributed by atoms with Crippen molar-refractivity contribution in [2.75, 3.05) is 19.0 Å². The molecule has 0 N–H and O–H groups in total. The van der Waals surface area contributed by atoms with Gasteiger partial charge in [0.05, 0.1) is 11.2 Å². The quantitative estimate of drug-likeness (QED) is 0.811. The van der Waals surface area contributed by atoms with Gasteiger partial charge in [-0.05, 0) is 55.7 Å². The molecule has 3 aliphatic rings. The summed E-state index contributed by atoms with van der Waals surface area (Å²) in [5, 5.41) is 0.769. The number of nitrogens with zero attached hydrogens (tertiary/aromatic N) is 2. The van der Waals surface area contributed by atoms with Crippen molar-refractivity contribution in [1.29, 1.82) is 0 Å². The van der Waals surface area contributed by atoms with Crippen LogP contribution in [0, 0.1) is 11.8 Å². The summed E-state index contributed by atoms with van der Waals surface area (Å²) in [6.45, 7) is 0. The third kappa shape index (κ3) is 1.44. The number of benzene rings is 1. The molecule has 0 unspecified atom stereocenters. The highest BCUT2D eigenvalue weighted by molar-refractivity contribution is 6.30. The minimum Gasteiger partial charge on any atom is -0.317 e. The summed E-state index contributed by atoms with van der Waals surface area (Å²) >= 11 is 6.26. The first-order chi connectivity index (χ1) is 9.56. The van der Waals surface area contributed by atoms with Crippen molar-refractivity contribution in [3.8, 4) is 0 Å². The SMILES string of the molecule is CN1C(=O)N(C)C(C2CC2)(C2CC2)c2cc(Cl)ccc21. The Morgan fingerprint density at radius 3 is 2.30 bits per heavy atom. The maximum atomic E-state index is 12.7. The fraction of sp³-hybridized carbons (Fsp3) is 0.562. The van der Waals surface area contributed by atoms with E-state index >= 15 is 0 Å². The highest BCUT2D eigenvalue weighted by Crippen LogP contribution is 2.63. The van der Waals surface area contributed by atoms with Gasteiger partial charge < -0.3 is 4.90 Å². The number of halogens is 1. The molecule has 2 saturated carbocycles. The Morgan fingerprint density at radius 1 is 1.15 bits per heavy atom. The van der Waals surface area contributed by atoms with Crippen LogP contribution in [-0.2, 0) is 5.54 Å². The minimum absolute atomic E-state index is 0.107. The fourth-order valence-electron chi connectivity index (χ4n) is 4.16. The molecule has 2 amide bonds. The van der Waals surface area contributed by atoms with E-state index in [0.29, 0.717) is 11.8 Å². The Kier molecular flexibility index (Phi) is 2.45. The molecule has 0 bridgehead atoms. The van der Waals surface area contributed by atoms with Crippen LogP contribution in [0.25, 0.3) is 0 Å². The molecule has 4 heteroatoms. The van der Waals surface area contributed by atoms with Crippen LogP contribution in [-0.4, -0.2) is 25.0 Å². The molecule has 0 atom stereocenters. The van der Waals surface area contributed by atoms with Gasteiger partial charge in [0.25, 0.3) is 0 Å². The molecule has 4 rings (SSSR count). The van der Waals surface area contributed by atoms with Crippen LogP contribution in [0.4, 0.5) is 10.5 Å². The molecule has 106 valence electrons. The zero-order valence-corrected chi connectivity index (χ0v) is 12.7. The molecule has 1 heterocycles. The Bertz CT molecular complexity index is 580. The number of carbonyl (C=O) groups excluding carboxylic acids is 1. The van der Waals surface area contributed by atoms with Crippen LogP contribution in [0.5, 0.6) is 0 Å². The van der Waals surface area contributed by atoms with E-state index < -0.39 is 0 Å². The molecular weight excluding hydrogens is 272 g/mol. The van der Waals surface area contributed by atoms with E-state index in [1.54, 1.807) is 4.90 Å². The molecule has 20 heavy (non-hydrogen) atoms. The zero-order valence-electron chi connectivity index (χ0n) is 11.9. The number of amides is 2. The Balaban J connectivity index is 1.99. The molecular formula is C16H19ClN2O. The normalized spacial score (nSPS) is 24.9. The highest BCUT2D eigenvalue weighted by atomic mass is 35.5. The van der Waals surface area contributed by atoms with Crippen LogP contribution in [0.2, 0.25) is 5.02 Å². The molecule has 0 saturated heterocycles. The maximum Gasteiger partial charge on any atom is 0.324 e. The van der Waals surface area contributed by atoms with Gasteiger partial charge in [0.15, 0.2) is 0 Å². The molecule has 3 nitrogen and oxygen atoms in total. The van der Waals surface area contributed by atoms with Gasteiger partial charge in [-0.25, -0.2) is 4.79 Å². The van der Waals surface area contributed by atoms with Gasteiger partial charge in [0.1, 0.15) is 0 Å². The molecule has 2 aliphatic carbocycles. The van der Waals surface area contributed by atoms with Crippen molar-refractivity contribution in [2.45, 2.75) is 31.2 Å². The van der Waals surface area contributed by atoms with Crippen molar-refractivity contribution in [3.63, 3.8) is 0 Å². The van der Waals surface area contributed by atoms with E-state index in [0.717, 1.165) is 10.7 Å². The average molecular weight is 291 g/mol. The number of rotatable bonds is 2. The number of anilines is 1.